The van der Waals surface area contributed by atoms with E-state index in [0.717, 1.165) is 0 Å². The standard InChI is InChI=1S/C37H47ClFN9O5/c1-21-17-47(18-22(2)48(21)35(51)53-36(3,4)5)25-12-23(13-25)33(49)43-31-16-30(40-20-41-31)42-29-15-28(26-14-24(38)8-9-27(26)39)44-45-32(29)46(7)19-37(6)10-11-52-34(37)50/h8-9,14-16,20-23,25H,10-13,17-19H2,1-7H3,(H2,40,41,42,43,44,49). The summed E-state index contributed by atoms with van der Waals surface area (Å²) < 4.78 is 25.8. The summed E-state index contributed by atoms with van der Waals surface area (Å²) in [5.41, 5.74) is -0.486. The van der Waals surface area contributed by atoms with Crippen molar-refractivity contribution in [1.82, 2.24) is 30.0 Å². The summed E-state index contributed by atoms with van der Waals surface area (Å²) in [6.45, 7) is 13.5. The second-order valence-electron chi connectivity index (χ2n) is 15.7. The smallest absolute Gasteiger partial charge is 0.410 e. The first-order valence-corrected chi connectivity index (χ1v) is 18.2. The topological polar surface area (TPSA) is 155 Å². The van der Waals surface area contributed by atoms with Gasteiger partial charge >= 0.3 is 12.1 Å². The summed E-state index contributed by atoms with van der Waals surface area (Å²) >= 11 is 6.18. The largest absolute Gasteiger partial charge is 0.465 e. The second-order valence-corrected chi connectivity index (χ2v) is 16.1. The molecule has 4 heterocycles. The zero-order valence-electron chi connectivity index (χ0n) is 31.2. The molecule has 2 aliphatic heterocycles. The lowest BCUT2D eigenvalue weighted by Gasteiger charge is -2.50. The summed E-state index contributed by atoms with van der Waals surface area (Å²) in [5, 5.41) is 15.2. The van der Waals surface area contributed by atoms with Crippen LogP contribution in [0.25, 0.3) is 11.3 Å². The predicted octanol–water partition coefficient (Wildman–Crippen LogP) is 5.91. The van der Waals surface area contributed by atoms with Gasteiger partial charge in [0.25, 0.3) is 0 Å². The average Bonchev–Trinajstić information content (AvgIpc) is 3.37. The van der Waals surface area contributed by atoms with Crippen LogP contribution in [-0.4, -0.2) is 105 Å². The number of halogens is 2. The lowest BCUT2D eigenvalue weighted by molar-refractivity contribution is -0.145. The summed E-state index contributed by atoms with van der Waals surface area (Å²) in [4.78, 5) is 53.3. The first kappa shape index (κ1) is 38.1. The van der Waals surface area contributed by atoms with E-state index in [1.54, 1.807) is 24.1 Å². The number of carbonyl (C=O) groups is 3. The summed E-state index contributed by atoms with van der Waals surface area (Å²) in [6.07, 6.45) is 2.98. The number of carbonyl (C=O) groups excluding carboxylic acids is 3. The number of nitrogens with zero attached hydrogens (tertiary/aromatic N) is 7. The summed E-state index contributed by atoms with van der Waals surface area (Å²) in [7, 11) is 1.78. The van der Waals surface area contributed by atoms with Crippen molar-refractivity contribution in [2.75, 3.05) is 48.8 Å². The Hall–Kier alpha value is -4.63. The number of hydrogen-bond donors (Lipinski definition) is 2. The number of rotatable bonds is 9. The van der Waals surface area contributed by atoms with Gasteiger partial charge in [0, 0.05) is 67.4 Å². The number of aromatic nitrogens is 4. The molecule has 284 valence electrons. The van der Waals surface area contributed by atoms with Crippen LogP contribution in [0.15, 0.2) is 36.7 Å². The highest BCUT2D eigenvalue weighted by molar-refractivity contribution is 6.30. The lowest BCUT2D eigenvalue weighted by atomic mass is 9.78. The maximum Gasteiger partial charge on any atom is 0.410 e. The molecule has 16 heteroatoms. The zero-order valence-corrected chi connectivity index (χ0v) is 31.9. The van der Waals surface area contributed by atoms with Crippen LogP contribution >= 0.6 is 11.6 Å². The van der Waals surface area contributed by atoms with Crippen molar-refractivity contribution >= 4 is 52.7 Å². The van der Waals surface area contributed by atoms with E-state index in [-0.39, 0.29) is 53.3 Å². The van der Waals surface area contributed by atoms with Gasteiger partial charge in [0.05, 0.1) is 23.4 Å². The molecule has 3 aromatic rings. The molecule has 2 saturated heterocycles. The Morgan fingerprint density at radius 2 is 1.79 bits per heavy atom. The Morgan fingerprint density at radius 1 is 1.09 bits per heavy atom. The summed E-state index contributed by atoms with van der Waals surface area (Å²) in [5.74, 6) is -0.0946. The van der Waals surface area contributed by atoms with E-state index in [2.05, 4.69) is 35.7 Å². The molecule has 1 aliphatic carbocycles. The molecule has 0 spiro atoms. The fourth-order valence-corrected chi connectivity index (χ4v) is 7.44. The molecule has 2 aromatic heterocycles. The number of piperazine rings is 1. The Morgan fingerprint density at radius 3 is 2.45 bits per heavy atom. The van der Waals surface area contributed by atoms with E-state index in [1.165, 1.54) is 24.5 Å². The zero-order chi connectivity index (χ0) is 38.2. The predicted molar refractivity (Wildman–Crippen MR) is 198 cm³/mol. The minimum absolute atomic E-state index is 0.0211. The number of ether oxygens (including phenoxy) is 2. The Kier molecular flexibility index (Phi) is 10.8. The molecular formula is C37H47ClFN9O5. The van der Waals surface area contributed by atoms with Crippen LogP contribution in [0.2, 0.25) is 5.02 Å². The Bertz CT molecular complexity index is 1860. The number of hydrogen-bond acceptors (Lipinski definition) is 12. The molecule has 14 nitrogen and oxygen atoms in total. The lowest BCUT2D eigenvalue weighted by Crippen LogP contribution is -2.63. The molecule has 6 rings (SSSR count). The maximum atomic E-state index is 14.9. The van der Waals surface area contributed by atoms with E-state index in [9.17, 15) is 18.8 Å². The van der Waals surface area contributed by atoms with Gasteiger partial charge in [-0.15, -0.1) is 10.2 Å². The van der Waals surface area contributed by atoms with Crippen LogP contribution in [-0.2, 0) is 19.1 Å². The molecule has 0 radical (unpaired) electrons. The molecule has 53 heavy (non-hydrogen) atoms. The highest BCUT2D eigenvalue weighted by Crippen LogP contribution is 2.37. The highest BCUT2D eigenvalue weighted by Gasteiger charge is 2.44. The van der Waals surface area contributed by atoms with Gasteiger partial charge in [-0.3, -0.25) is 14.5 Å². The molecule has 1 saturated carbocycles. The van der Waals surface area contributed by atoms with E-state index in [0.29, 0.717) is 73.7 Å². The third kappa shape index (κ3) is 8.62. The van der Waals surface area contributed by atoms with Crippen molar-refractivity contribution in [3.8, 4) is 11.3 Å². The van der Waals surface area contributed by atoms with Crippen LogP contribution in [0, 0.1) is 17.2 Å². The molecule has 3 atom stereocenters. The molecule has 2 N–H and O–H groups in total. The van der Waals surface area contributed by atoms with Gasteiger partial charge in [-0.25, -0.2) is 19.2 Å². The van der Waals surface area contributed by atoms with Crippen LogP contribution in [0.5, 0.6) is 0 Å². The number of anilines is 4. The van der Waals surface area contributed by atoms with Crippen LogP contribution in [0.3, 0.4) is 0 Å². The number of cyclic esters (lactones) is 1. The van der Waals surface area contributed by atoms with Gasteiger partial charge in [-0.1, -0.05) is 11.6 Å². The molecular weight excluding hydrogens is 705 g/mol. The van der Waals surface area contributed by atoms with Crippen molar-refractivity contribution < 1.29 is 28.2 Å². The van der Waals surface area contributed by atoms with Gasteiger partial charge in [-0.05, 0) is 85.1 Å². The Balaban J connectivity index is 1.12. The third-order valence-electron chi connectivity index (χ3n) is 10.0. The van der Waals surface area contributed by atoms with E-state index < -0.39 is 16.8 Å². The van der Waals surface area contributed by atoms with Gasteiger partial charge in [0.1, 0.15) is 29.4 Å². The van der Waals surface area contributed by atoms with E-state index >= 15 is 0 Å². The van der Waals surface area contributed by atoms with Crippen molar-refractivity contribution in [1.29, 1.82) is 0 Å². The minimum atomic E-state index is -0.747. The average molecular weight is 752 g/mol. The van der Waals surface area contributed by atoms with Gasteiger partial charge in [0.15, 0.2) is 5.82 Å². The van der Waals surface area contributed by atoms with Crippen LogP contribution in [0.4, 0.5) is 32.3 Å². The van der Waals surface area contributed by atoms with Gasteiger partial charge in [-0.2, -0.15) is 0 Å². The van der Waals surface area contributed by atoms with Crippen LogP contribution in [0.1, 0.15) is 60.8 Å². The van der Waals surface area contributed by atoms with E-state index in [4.69, 9.17) is 21.1 Å². The summed E-state index contributed by atoms with van der Waals surface area (Å²) in [6, 6.07) is 7.61. The van der Waals surface area contributed by atoms with Crippen molar-refractivity contribution in [3.05, 3.63) is 47.5 Å². The first-order valence-electron chi connectivity index (χ1n) is 17.9. The SMILES string of the molecule is CC1CN(C2CC(C(=O)Nc3cc(Nc4cc(-c5cc(Cl)ccc5F)nnc4N(C)CC4(C)CCOC4=O)ncn3)C2)CC(C)N1C(=O)OC(C)(C)C. The monoisotopic (exact) mass is 751 g/mol. The molecule has 3 unspecified atom stereocenters. The normalized spacial score (nSPS) is 24.6. The number of esters is 1. The van der Waals surface area contributed by atoms with Gasteiger partial charge < -0.3 is 29.9 Å². The third-order valence-corrected chi connectivity index (χ3v) is 10.3. The minimum Gasteiger partial charge on any atom is -0.465 e. The fraction of sp³-hybridized carbons (Fsp3) is 0.541. The Labute approximate surface area is 313 Å². The molecule has 2 amide bonds. The number of amides is 2. The van der Waals surface area contributed by atoms with Gasteiger partial charge in [0.2, 0.25) is 5.91 Å². The number of nitrogens with one attached hydrogen (secondary N) is 2. The van der Waals surface area contributed by atoms with Crippen molar-refractivity contribution in [3.63, 3.8) is 0 Å². The number of benzene rings is 1. The molecule has 0 bridgehead atoms. The van der Waals surface area contributed by atoms with E-state index in [1.807, 2.05) is 46.4 Å². The quantitative estimate of drug-likeness (QED) is 0.250. The molecule has 3 fully saturated rings. The molecule has 1 aromatic carbocycles. The molecule has 3 aliphatic rings. The second kappa shape index (κ2) is 15.0. The van der Waals surface area contributed by atoms with Crippen LogP contribution < -0.4 is 15.5 Å². The fourth-order valence-electron chi connectivity index (χ4n) is 7.27. The van der Waals surface area contributed by atoms with Crippen molar-refractivity contribution in [2.24, 2.45) is 11.3 Å². The maximum absolute atomic E-state index is 14.9. The van der Waals surface area contributed by atoms with Crippen molar-refractivity contribution in [2.45, 2.75) is 84.5 Å². The highest BCUT2D eigenvalue weighted by atomic mass is 35.5. The first-order chi connectivity index (χ1) is 25.0.